The van der Waals surface area contributed by atoms with E-state index in [4.69, 9.17) is 9.41 Å². The molecule has 0 N–H and O–H groups in total. The van der Waals surface area contributed by atoms with E-state index in [-0.39, 0.29) is 5.63 Å². The van der Waals surface area contributed by atoms with Crippen LogP contribution in [-0.2, 0) is 0 Å². The van der Waals surface area contributed by atoms with E-state index in [1.165, 1.54) is 12.8 Å². The molecule has 2 aliphatic rings. The quantitative estimate of drug-likeness (QED) is 0.733. The van der Waals surface area contributed by atoms with Gasteiger partial charge in [0.2, 0.25) is 0 Å². The van der Waals surface area contributed by atoms with E-state index in [0.717, 1.165) is 41.5 Å². The number of anilines is 1. The summed E-state index contributed by atoms with van der Waals surface area (Å²) in [5, 5.41) is 2.36. The van der Waals surface area contributed by atoms with Crippen LogP contribution in [0.15, 0.2) is 38.5 Å². The SMILES string of the molecule is CCN(CC)c1ccc2cc(C3=NC4CCC(C)CC4S3)c(=O)oc2c1. The molecular formula is C21H26N2O2S. The fraction of sp³-hybridized carbons (Fsp3) is 0.524. The minimum Gasteiger partial charge on any atom is -0.422 e. The highest BCUT2D eigenvalue weighted by atomic mass is 32.2. The molecule has 0 spiro atoms. The number of hydrogen-bond donors (Lipinski definition) is 0. The average Bonchev–Trinajstić information content (AvgIpc) is 3.05. The highest BCUT2D eigenvalue weighted by Gasteiger charge is 2.36. The summed E-state index contributed by atoms with van der Waals surface area (Å²) in [5.41, 5.74) is 2.09. The molecule has 0 radical (unpaired) electrons. The summed E-state index contributed by atoms with van der Waals surface area (Å²) in [6, 6.07) is 8.44. The molecule has 0 bridgehead atoms. The molecule has 1 aliphatic heterocycles. The molecule has 0 saturated heterocycles. The van der Waals surface area contributed by atoms with E-state index in [1.807, 2.05) is 18.2 Å². The molecule has 2 aromatic rings. The molecule has 1 aliphatic carbocycles. The molecule has 4 rings (SSSR count). The normalized spacial score (nSPS) is 25.2. The Labute approximate surface area is 158 Å². The Morgan fingerprint density at radius 3 is 2.81 bits per heavy atom. The van der Waals surface area contributed by atoms with Crippen LogP contribution in [0.3, 0.4) is 0 Å². The molecule has 138 valence electrons. The van der Waals surface area contributed by atoms with Crippen molar-refractivity contribution < 1.29 is 4.42 Å². The third kappa shape index (κ3) is 3.18. The third-order valence-corrected chi connectivity index (χ3v) is 7.00. The van der Waals surface area contributed by atoms with Gasteiger partial charge in [-0.25, -0.2) is 4.79 Å². The maximum atomic E-state index is 12.6. The number of nitrogens with zero attached hydrogens (tertiary/aromatic N) is 2. The third-order valence-electron chi connectivity index (χ3n) is 5.64. The second-order valence-electron chi connectivity index (χ2n) is 7.42. The lowest BCUT2D eigenvalue weighted by Crippen LogP contribution is -2.26. The molecular weight excluding hydrogens is 344 g/mol. The Morgan fingerprint density at radius 1 is 1.23 bits per heavy atom. The Hall–Kier alpha value is -1.75. The van der Waals surface area contributed by atoms with Crippen molar-refractivity contribution in [2.75, 3.05) is 18.0 Å². The first-order chi connectivity index (χ1) is 12.6. The molecule has 1 saturated carbocycles. The van der Waals surface area contributed by atoms with Gasteiger partial charge in [-0.3, -0.25) is 4.99 Å². The Bertz CT molecular complexity index is 901. The van der Waals surface area contributed by atoms with Gasteiger partial charge in [0.05, 0.1) is 11.6 Å². The lowest BCUT2D eigenvalue weighted by molar-refractivity contribution is 0.363. The largest absolute Gasteiger partial charge is 0.422 e. The van der Waals surface area contributed by atoms with Crippen LogP contribution in [0.4, 0.5) is 5.69 Å². The minimum absolute atomic E-state index is 0.271. The maximum Gasteiger partial charge on any atom is 0.346 e. The summed E-state index contributed by atoms with van der Waals surface area (Å²) in [4.78, 5) is 19.7. The van der Waals surface area contributed by atoms with E-state index in [2.05, 4.69) is 31.7 Å². The van der Waals surface area contributed by atoms with Gasteiger partial charge in [0, 0.05) is 35.5 Å². The van der Waals surface area contributed by atoms with Crippen molar-refractivity contribution in [2.45, 2.75) is 51.3 Å². The Kier molecular flexibility index (Phi) is 4.82. The van der Waals surface area contributed by atoms with E-state index in [9.17, 15) is 4.79 Å². The van der Waals surface area contributed by atoms with Gasteiger partial charge >= 0.3 is 5.63 Å². The van der Waals surface area contributed by atoms with Crippen LogP contribution in [0.2, 0.25) is 0 Å². The highest BCUT2D eigenvalue weighted by Crippen LogP contribution is 2.40. The summed E-state index contributed by atoms with van der Waals surface area (Å²) >= 11 is 1.77. The monoisotopic (exact) mass is 370 g/mol. The summed E-state index contributed by atoms with van der Waals surface area (Å²) in [5.74, 6) is 0.754. The van der Waals surface area contributed by atoms with Gasteiger partial charge in [-0.1, -0.05) is 6.92 Å². The molecule has 1 aromatic heterocycles. The summed E-state index contributed by atoms with van der Waals surface area (Å²) in [6.07, 6.45) is 3.56. The van der Waals surface area contributed by atoms with Crippen LogP contribution in [0.5, 0.6) is 0 Å². The van der Waals surface area contributed by atoms with Crippen molar-refractivity contribution in [1.29, 1.82) is 0 Å². The van der Waals surface area contributed by atoms with Crippen molar-refractivity contribution in [3.63, 3.8) is 0 Å². The molecule has 4 nitrogen and oxygen atoms in total. The number of thioether (sulfide) groups is 1. The lowest BCUT2D eigenvalue weighted by atomic mass is 9.87. The molecule has 1 aromatic carbocycles. The van der Waals surface area contributed by atoms with Crippen molar-refractivity contribution in [3.8, 4) is 0 Å². The molecule has 2 heterocycles. The molecule has 26 heavy (non-hydrogen) atoms. The fourth-order valence-electron chi connectivity index (χ4n) is 4.08. The van der Waals surface area contributed by atoms with Crippen LogP contribution in [0, 0.1) is 5.92 Å². The molecule has 3 atom stereocenters. The zero-order valence-corrected chi connectivity index (χ0v) is 16.5. The van der Waals surface area contributed by atoms with Crippen molar-refractivity contribution in [1.82, 2.24) is 0 Å². The van der Waals surface area contributed by atoms with Crippen LogP contribution in [-0.4, -0.2) is 29.4 Å². The van der Waals surface area contributed by atoms with Gasteiger partial charge in [0.15, 0.2) is 0 Å². The number of rotatable bonds is 4. The molecule has 5 heteroatoms. The standard InChI is InChI=1S/C21H26N2O2S/c1-4-23(5-2)15-8-7-14-11-16(21(24)25-18(14)12-15)20-22-17-9-6-13(3)10-19(17)26-20/h7-8,11-13,17,19H,4-6,9-10H2,1-3H3. The minimum atomic E-state index is -0.271. The predicted molar refractivity (Wildman–Crippen MR) is 111 cm³/mol. The topological polar surface area (TPSA) is 45.8 Å². The number of hydrogen-bond acceptors (Lipinski definition) is 5. The smallest absolute Gasteiger partial charge is 0.346 e. The summed E-state index contributed by atoms with van der Waals surface area (Å²) in [6.45, 7) is 8.43. The van der Waals surface area contributed by atoms with Crippen LogP contribution >= 0.6 is 11.8 Å². The molecule has 0 amide bonds. The zero-order chi connectivity index (χ0) is 18.3. The second-order valence-corrected chi connectivity index (χ2v) is 8.65. The number of aliphatic imine (C=N–C) groups is 1. The fourth-order valence-corrected chi connectivity index (χ4v) is 5.61. The van der Waals surface area contributed by atoms with Gasteiger partial charge in [-0.05, 0) is 57.2 Å². The van der Waals surface area contributed by atoms with Crippen molar-refractivity contribution >= 4 is 33.5 Å². The van der Waals surface area contributed by atoms with E-state index in [1.54, 1.807) is 11.8 Å². The maximum absolute atomic E-state index is 12.6. The second kappa shape index (κ2) is 7.10. The lowest BCUT2D eigenvalue weighted by Gasteiger charge is -2.27. The van der Waals surface area contributed by atoms with Gasteiger partial charge in [-0.15, -0.1) is 11.8 Å². The number of benzene rings is 1. The van der Waals surface area contributed by atoms with Gasteiger partial charge < -0.3 is 9.32 Å². The summed E-state index contributed by atoms with van der Waals surface area (Å²) in [7, 11) is 0. The van der Waals surface area contributed by atoms with Gasteiger partial charge in [0.25, 0.3) is 0 Å². The average molecular weight is 371 g/mol. The molecule has 1 fully saturated rings. The van der Waals surface area contributed by atoms with Crippen molar-refractivity contribution in [2.24, 2.45) is 10.9 Å². The number of fused-ring (bicyclic) bond motifs is 2. The van der Waals surface area contributed by atoms with E-state index < -0.39 is 0 Å². The Morgan fingerprint density at radius 2 is 2.04 bits per heavy atom. The Balaban J connectivity index is 1.68. The van der Waals surface area contributed by atoms with Crippen molar-refractivity contribution in [3.05, 3.63) is 40.2 Å². The van der Waals surface area contributed by atoms with Crippen LogP contribution in [0.25, 0.3) is 11.0 Å². The van der Waals surface area contributed by atoms with E-state index in [0.29, 0.717) is 22.4 Å². The van der Waals surface area contributed by atoms with Gasteiger partial charge in [-0.2, -0.15) is 0 Å². The summed E-state index contributed by atoms with van der Waals surface area (Å²) < 4.78 is 5.68. The van der Waals surface area contributed by atoms with Crippen LogP contribution in [0.1, 0.15) is 45.6 Å². The highest BCUT2D eigenvalue weighted by molar-refractivity contribution is 8.15. The first-order valence-corrected chi connectivity index (χ1v) is 10.5. The molecule has 3 unspecified atom stereocenters. The first kappa shape index (κ1) is 17.7. The predicted octanol–water partition coefficient (Wildman–Crippen LogP) is 4.69. The zero-order valence-electron chi connectivity index (χ0n) is 15.7. The first-order valence-electron chi connectivity index (χ1n) is 9.66. The van der Waals surface area contributed by atoms with Gasteiger partial charge in [0.1, 0.15) is 10.6 Å². The van der Waals surface area contributed by atoms with Crippen LogP contribution < -0.4 is 10.5 Å². The van der Waals surface area contributed by atoms with E-state index >= 15 is 0 Å².